The molecule has 2 rings (SSSR count). The van der Waals surface area contributed by atoms with E-state index in [1.54, 1.807) is 0 Å². The minimum absolute atomic E-state index is 0.390. The molecule has 0 bridgehead atoms. The van der Waals surface area contributed by atoms with Gasteiger partial charge < -0.3 is 4.42 Å². The number of rotatable bonds is 1. The molecule has 0 amide bonds. The molecule has 1 heterocycles. The number of nitrogens with zero attached hydrogens (tertiary/aromatic N) is 2. The number of hydrogen-bond acceptors (Lipinski definition) is 3. The van der Waals surface area contributed by atoms with Crippen molar-refractivity contribution in [1.29, 1.82) is 0 Å². The van der Waals surface area contributed by atoms with E-state index >= 15 is 0 Å². The zero-order valence-corrected chi connectivity index (χ0v) is 10.5. The van der Waals surface area contributed by atoms with Gasteiger partial charge in [-0.15, -0.1) is 10.2 Å². The third kappa shape index (κ3) is 1.74. The number of halogens is 2. The van der Waals surface area contributed by atoms with Gasteiger partial charge in [0.2, 0.25) is 5.89 Å². The molecule has 0 aliphatic heterocycles. The molecular weight excluding hydrogens is 312 g/mol. The first-order valence-corrected chi connectivity index (χ1v) is 5.51. The molecule has 0 N–H and O–H groups in total. The summed E-state index contributed by atoms with van der Waals surface area (Å²) in [6.45, 7) is 2.01. The summed E-state index contributed by atoms with van der Waals surface area (Å²) in [5, 5.41) is 7.64. The number of benzene rings is 1. The molecule has 0 fully saturated rings. The summed E-state index contributed by atoms with van der Waals surface area (Å²) in [7, 11) is 0. The van der Waals surface area contributed by atoms with E-state index in [-0.39, 0.29) is 0 Å². The van der Waals surface area contributed by atoms with E-state index in [1.807, 2.05) is 25.1 Å². The highest BCUT2D eigenvalue weighted by atomic mass is 79.9. The van der Waals surface area contributed by atoms with Gasteiger partial charge >= 0.3 is 0 Å². The highest BCUT2D eigenvalue weighted by molar-refractivity contribution is 9.10. The summed E-state index contributed by atoms with van der Waals surface area (Å²) in [4.78, 5) is 0.390. The van der Waals surface area contributed by atoms with Crippen molar-refractivity contribution >= 4 is 31.9 Å². The maximum Gasteiger partial charge on any atom is 0.285 e. The molecule has 0 saturated carbocycles. The van der Waals surface area contributed by atoms with Crippen LogP contribution in [0.5, 0.6) is 0 Å². The lowest BCUT2D eigenvalue weighted by molar-refractivity contribution is 0.540. The highest BCUT2D eigenvalue weighted by Crippen LogP contribution is 2.30. The smallest absolute Gasteiger partial charge is 0.285 e. The van der Waals surface area contributed by atoms with Crippen molar-refractivity contribution in [3.63, 3.8) is 0 Å². The zero-order valence-electron chi connectivity index (χ0n) is 7.29. The van der Waals surface area contributed by atoms with Crippen molar-refractivity contribution in [3.05, 3.63) is 33.0 Å². The van der Waals surface area contributed by atoms with Crippen molar-refractivity contribution < 1.29 is 4.42 Å². The molecule has 1 aromatic carbocycles. The lowest BCUT2D eigenvalue weighted by Crippen LogP contribution is -1.83. The first-order chi connectivity index (χ1) is 6.68. The molecule has 72 valence electrons. The van der Waals surface area contributed by atoms with E-state index in [4.69, 9.17) is 4.42 Å². The van der Waals surface area contributed by atoms with Crippen LogP contribution in [0.25, 0.3) is 11.5 Å². The molecule has 0 atom stereocenters. The van der Waals surface area contributed by atoms with Gasteiger partial charge in [0.1, 0.15) is 0 Å². The van der Waals surface area contributed by atoms with E-state index in [1.165, 1.54) is 0 Å². The van der Waals surface area contributed by atoms with Crippen LogP contribution in [-0.2, 0) is 0 Å². The molecular formula is C9H6Br2N2O. The largest absolute Gasteiger partial charge is 0.411 e. The van der Waals surface area contributed by atoms with Crippen LogP contribution in [-0.4, -0.2) is 10.2 Å². The topological polar surface area (TPSA) is 38.9 Å². The Kier molecular flexibility index (Phi) is 2.69. The van der Waals surface area contributed by atoms with Crippen LogP contribution in [0.3, 0.4) is 0 Å². The molecule has 0 unspecified atom stereocenters. The fourth-order valence-electron chi connectivity index (χ4n) is 1.13. The lowest BCUT2D eigenvalue weighted by atomic mass is 10.1. The van der Waals surface area contributed by atoms with Crippen LogP contribution in [0.15, 0.2) is 31.9 Å². The lowest BCUT2D eigenvalue weighted by Gasteiger charge is -2.01. The summed E-state index contributed by atoms with van der Waals surface area (Å²) >= 11 is 6.60. The van der Waals surface area contributed by atoms with Gasteiger partial charge in [-0.1, -0.05) is 12.1 Å². The van der Waals surface area contributed by atoms with Gasteiger partial charge in [-0.3, -0.25) is 0 Å². The maximum absolute atomic E-state index is 5.27. The average Bonchev–Trinajstić information content (AvgIpc) is 2.57. The molecule has 0 aliphatic rings. The summed E-state index contributed by atoms with van der Waals surface area (Å²) in [6.07, 6.45) is 0. The Labute approximate surface area is 97.8 Å². The Morgan fingerprint density at radius 1 is 1.21 bits per heavy atom. The minimum atomic E-state index is 0.390. The molecule has 3 nitrogen and oxygen atoms in total. The van der Waals surface area contributed by atoms with Crippen LogP contribution in [0, 0.1) is 6.92 Å². The Hall–Kier alpha value is -0.680. The van der Waals surface area contributed by atoms with E-state index in [2.05, 4.69) is 42.1 Å². The number of aromatic nitrogens is 2. The second-order valence-corrected chi connectivity index (χ2v) is 4.27. The molecule has 5 heteroatoms. The van der Waals surface area contributed by atoms with Crippen molar-refractivity contribution in [2.75, 3.05) is 0 Å². The molecule has 14 heavy (non-hydrogen) atoms. The van der Waals surface area contributed by atoms with E-state index < -0.39 is 0 Å². The van der Waals surface area contributed by atoms with Crippen LogP contribution >= 0.6 is 31.9 Å². The minimum Gasteiger partial charge on any atom is -0.411 e. The van der Waals surface area contributed by atoms with Crippen molar-refractivity contribution in [1.82, 2.24) is 10.2 Å². The molecule has 0 radical (unpaired) electrons. The van der Waals surface area contributed by atoms with Gasteiger partial charge in [0.25, 0.3) is 4.80 Å². The van der Waals surface area contributed by atoms with Gasteiger partial charge in [-0.2, -0.15) is 0 Å². The second kappa shape index (κ2) is 3.82. The van der Waals surface area contributed by atoms with Gasteiger partial charge in [0, 0.05) is 20.4 Å². The molecule has 2 aromatic rings. The number of hydrogen-bond donors (Lipinski definition) is 0. The Balaban J connectivity index is 2.57. The second-order valence-electron chi connectivity index (χ2n) is 2.80. The highest BCUT2D eigenvalue weighted by Gasteiger charge is 2.10. The fraction of sp³-hybridized carbons (Fsp3) is 0.111. The van der Waals surface area contributed by atoms with Crippen LogP contribution in [0.2, 0.25) is 0 Å². The molecule has 0 aliphatic carbocycles. The van der Waals surface area contributed by atoms with Crippen LogP contribution in [0.4, 0.5) is 0 Å². The molecule has 1 aromatic heterocycles. The Morgan fingerprint density at radius 3 is 2.64 bits per heavy atom. The predicted molar refractivity (Wildman–Crippen MR) is 59.9 cm³/mol. The Morgan fingerprint density at radius 2 is 2.00 bits per heavy atom. The van der Waals surface area contributed by atoms with E-state index in [9.17, 15) is 0 Å². The van der Waals surface area contributed by atoms with Crippen molar-refractivity contribution in [3.8, 4) is 11.5 Å². The molecule has 0 saturated heterocycles. The quantitative estimate of drug-likeness (QED) is 0.807. The van der Waals surface area contributed by atoms with Crippen LogP contribution in [0.1, 0.15) is 5.56 Å². The van der Waals surface area contributed by atoms with Gasteiger partial charge in [0.05, 0.1) is 5.56 Å². The summed E-state index contributed by atoms with van der Waals surface area (Å²) in [5.74, 6) is 0.507. The average molecular weight is 318 g/mol. The van der Waals surface area contributed by atoms with Gasteiger partial charge in [-0.05, 0) is 34.5 Å². The summed E-state index contributed by atoms with van der Waals surface area (Å²) in [5.41, 5.74) is 2.04. The zero-order chi connectivity index (χ0) is 10.1. The third-order valence-corrected chi connectivity index (χ3v) is 3.20. The normalized spacial score (nSPS) is 10.5. The standard InChI is InChI=1S/C9H6Br2N2O/c1-5-3-2-4-6(7(5)10)8-12-13-9(11)14-8/h2-4H,1H3. The predicted octanol–water partition coefficient (Wildman–Crippen LogP) is 3.57. The maximum atomic E-state index is 5.27. The monoisotopic (exact) mass is 316 g/mol. The van der Waals surface area contributed by atoms with E-state index in [0.717, 1.165) is 15.6 Å². The van der Waals surface area contributed by atoms with Crippen molar-refractivity contribution in [2.45, 2.75) is 6.92 Å². The van der Waals surface area contributed by atoms with Gasteiger partial charge in [-0.25, -0.2) is 0 Å². The third-order valence-electron chi connectivity index (χ3n) is 1.82. The van der Waals surface area contributed by atoms with Crippen LogP contribution < -0.4 is 0 Å². The Bertz CT molecular complexity index is 468. The van der Waals surface area contributed by atoms with Crippen molar-refractivity contribution in [2.24, 2.45) is 0 Å². The van der Waals surface area contributed by atoms with Gasteiger partial charge in [0.15, 0.2) is 0 Å². The fourth-order valence-corrected chi connectivity index (χ4v) is 1.79. The SMILES string of the molecule is Cc1cccc(-c2nnc(Br)o2)c1Br. The number of aryl methyl sites for hydroxylation is 1. The van der Waals surface area contributed by atoms with E-state index in [0.29, 0.717) is 10.7 Å². The first-order valence-electron chi connectivity index (χ1n) is 3.93. The summed E-state index contributed by atoms with van der Waals surface area (Å²) < 4.78 is 6.25. The first kappa shape index (κ1) is 9.86. The molecule has 0 spiro atoms. The summed E-state index contributed by atoms with van der Waals surface area (Å²) in [6, 6.07) is 5.89.